The van der Waals surface area contributed by atoms with Crippen molar-refractivity contribution >= 4 is 75.2 Å². The Hall–Kier alpha value is -4.38. The Kier molecular flexibility index (Phi) is 12.7. The van der Waals surface area contributed by atoms with E-state index in [1.165, 1.54) is 36.3 Å². The molecule has 3 N–H and O–H groups in total. The molecule has 4 aromatic rings. The minimum atomic E-state index is -0.542. The van der Waals surface area contributed by atoms with Gasteiger partial charge in [0.1, 0.15) is 10.7 Å². The topological polar surface area (TPSA) is 114 Å². The number of halogens is 1. The van der Waals surface area contributed by atoms with Crippen LogP contribution in [-0.4, -0.2) is 36.1 Å². The average Bonchev–Trinajstić information content (AvgIpc) is 3.42. The molecule has 0 bridgehead atoms. The molecule has 1 aliphatic rings. The van der Waals surface area contributed by atoms with E-state index in [0.29, 0.717) is 38.8 Å². The van der Waals surface area contributed by atoms with Crippen molar-refractivity contribution in [2.24, 2.45) is 0 Å². The monoisotopic (exact) mass is 715 g/mol. The normalized spacial score (nSPS) is 13.7. The number of benzene rings is 3. The number of carbonyl (C=O) groups is 4. The van der Waals surface area contributed by atoms with Crippen LogP contribution < -0.4 is 16.0 Å². The van der Waals surface area contributed by atoms with Crippen LogP contribution in [-0.2, 0) is 27.2 Å². The fraction of sp³-hybridized carbons (Fsp3) is 0.263. The first-order valence-electron chi connectivity index (χ1n) is 16.2. The van der Waals surface area contributed by atoms with E-state index in [4.69, 9.17) is 16.3 Å². The molecule has 11 heteroatoms. The van der Waals surface area contributed by atoms with E-state index in [9.17, 15) is 19.2 Å². The third-order valence-electron chi connectivity index (χ3n) is 8.06. The van der Waals surface area contributed by atoms with Gasteiger partial charge in [-0.25, -0.2) is 4.79 Å². The lowest BCUT2D eigenvalue weighted by molar-refractivity contribution is -0.116. The minimum Gasteiger partial charge on any atom is -0.465 e. The summed E-state index contributed by atoms with van der Waals surface area (Å²) in [6.45, 7) is 1.93. The fourth-order valence-electron chi connectivity index (χ4n) is 5.54. The van der Waals surface area contributed by atoms with Crippen LogP contribution in [0.3, 0.4) is 0 Å². The summed E-state index contributed by atoms with van der Waals surface area (Å²) in [6.07, 6.45) is 8.06. The number of carbonyl (C=O) groups excluding carboxylic acids is 4. The molecule has 1 unspecified atom stereocenters. The van der Waals surface area contributed by atoms with Crippen LogP contribution in [0.4, 0.5) is 10.7 Å². The maximum absolute atomic E-state index is 13.6. The number of thioether (sulfide) groups is 1. The summed E-state index contributed by atoms with van der Waals surface area (Å²) in [7, 11) is 1.37. The smallest absolute Gasteiger partial charge is 0.341 e. The van der Waals surface area contributed by atoms with Crippen molar-refractivity contribution < 1.29 is 23.9 Å². The third-order valence-corrected chi connectivity index (χ3v) is 11.0. The predicted molar refractivity (Wildman–Crippen MR) is 199 cm³/mol. The highest BCUT2D eigenvalue weighted by atomic mass is 35.5. The molecule has 0 radical (unpaired) electrons. The number of hydrogen-bond donors (Lipinski definition) is 3. The quantitative estimate of drug-likeness (QED) is 0.0813. The second-order valence-corrected chi connectivity index (χ2v) is 14.3. The second-order valence-electron chi connectivity index (χ2n) is 11.5. The predicted octanol–water partition coefficient (Wildman–Crippen LogP) is 8.77. The number of amides is 3. The number of nitrogens with one attached hydrogen (secondary N) is 3. The van der Waals surface area contributed by atoms with Crippen molar-refractivity contribution in [3.63, 3.8) is 0 Å². The first-order chi connectivity index (χ1) is 23.8. The van der Waals surface area contributed by atoms with Gasteiger partial charge in [-0.05, 0) is 85.7 Å². The number of fused-ring (bicyclic) bond motifs is 1. The first kappa shape index (κ1) is 35.9. The van der Waals surface area contributed by atoms with Gasteiger partial charge in [0.05, 0.1) is 17.9 Å². The zero-order valence-electron chi connectivity index (χ0n) is 27.3. The molecule has 8 nitrogen and oxygen atoms in total. The summed E-state index contributed by atoms with van der Waals surface area (Å²) in [5, 5.41) is 9.14. The number of methoxy groups -OCH3 is 1. The van der Waals surface area contributed by atoms with Gasteiger partial charge in [0, 0.05) is 26.0 Å². The van der Waals surface area contributed by atoms with Gasteiger partial charge in [-0.15, -0.1) is 23.1 Å². The van der Waals surface area contributed by atoms with E-state index in [0.717, 1.165) is 53.9 Å². The van der Waals surface area contributed by atoms with Crippen LogP contribution in [0.2, 0.25) is 5.02 Å². The van der Waals surface area contributed by atoms with Gasteiger partial charge in [-0.1, -0.05) is 73.8 Å². The maximum atomic E-state index is 13.6. The Morgan fingerprint density at radius 3 is 2.39 bits per heavy atom. The highest BCUT2D eigenvalue weighted by Gasteiger charge is 2.28. The zero-order valence-corrected chi connectivity index (χ0v) is 29.7. The van der Waals surface area contributed by atoms with Crippen LogP contribution in [0, 0.1) is 0 Å². The van der Waals surface area contributed by atoms with Crippen molar-refractivity contribution in [2.75, 3.05) is 17.7 Å². The molecule has 1 atom stereocenters. The highest BCUT2D eigenvalue weighted by molar-refractivity contribution is 8.00. The average molecular weight is 716 g/mol. The molecule has 1 heterocycles. The molecular formula is C38H38ClN3O5S2. The molecule has 3 amide bonds. The van der Waals surface area contributed by atoms with Gasteiger partial charge in [-0.2, -0.15) is 0 Å². The molecule has 5 rings (SSSR count). The Labute approximate surface area is 299 Å². The van der Waals surface area contributed by atoms with Crippen LogP contribution in [0.1, 0.15) is 75.7 Å². The van der Waals surface area contributed by atoms with Crippen LogP contribution in [0.25, 0.3) is 6.08 Å². The maximum Gasteiger partial charge on any atom is 0.341 e. The lowest BCUT2D eigenvalue weighted by atomic mass is 9.96. The Balaban J connectivity index is 1.32. The van der Waals surface area contributed by atoms with E-state index in [1.54, 1.807) is 72.8 Å². The lowest BCUT2D eigenvalue weighted by Gasteiger charge is -2.16. The molecule has 254 valence electrons. The van der Waals surface area contributed by atoms with Crippen molar-refractivity contribution in [2.45, 2.75) is 62.0 Å². The van der Waals surface area contributed by atoms with Gasteiger partial charge in [-0.3, -0.25) is 14.4 Å². The van der Waals surface area contributed by atoms with Crippen molar-refractivity contribution in [1.29, 1.82) is 0 Å². The molecule has 0 fully saturated rings. The van der Waals surface area contributed by atoms with E-state index < -0.39 is 23.0 Å². The summed E-state index contributed by atoms with van der Waals surface area (Å²) in [6, 6.07) is 22.8. The number of rotatable bonds is 11. The molecule has 49 heavy (non-hydrogen) atoms. The number of anilines is 2. The first-order valence-corrected chi connectivity index (χ1v) is 18.3. The van der Waals surface area contributed by atoms with Gasteiger partial charge in [0.25, 0.3) is 11.8 Å². The van der Waals surface area contributed by atoms with E-state index in [2.05, 4.69) is 16.0 Å². The fourth-order valence-corrected chi connectivity index (χ4v) is 8.02. The van der Waals surface area contributed by atoms with Crippen molar-refractivity contribution in [1.82, 2.24) is 5.32 Å². The highest BCUT2D eigenvalue weighted by Crippen LogP contribution is 2.38. The Bertz CT molecular complexity index is 1860. The van der Waals surface area contributed by atoms with Gasteiger partial charge < -0.3 is 20.7 Å². The summed E-state index contributed by atoms with van der Waals surface area (Å²) in [5.41, 5.74) is 2.93. The number of aryl methyl sites for hydroxylation is 1. The summed E-state index contributed by atoms with van der Waals surface area (Å²) >= 11 is 9.21. The second kappa shape index (κ2) is 17.3. The van der Waals surface area contributed by atoms with Crippen LogP contribution in [0.5, 0.6) is 0 Å². The van der Waals surface area contributed by atoms with E-state index in [1.807, 2.05) is 13.0 Å². The molecular weight excluding hydrogens is 678 g/mol. The van der Waals surface area contributed by atoms with E-state index >= 15 is 0 Å². The molecule has 1 aliphatic carbocycles. The van der Waals surface area contributed by atoms with Crippen LogP contribution >= 0.6 is 34.7 Å². The van der Waals surface area contributed by atoms with E-state index in [-0.39, 0.29) is 11.6 Å². The van der Waals surface area contributed by atoms with Gasteiger partial charge in [0.2, 0.25) is 5.91 Å². The SMILES string of the molecule is CCC(Sc1cccc(NC(=O)/C(=C\c2ccccc2Cl)NC(=O)c2ccccc2)c1)C(=O)Nc1sc2c(c1C(=O)OC)CCCCCC2. The number of esters is 1. The van der Waals surface area contributed by atoms with Gasteiger partial charge >= 0.3 is 5.97 Å². The van der Waals surface area contributed by atoms with Crippen molar-refractivity contribution in [3.05, 3.63) is 117 Å². The van der Waals surface area contributed by atoms with Crippen LogP contribution in [0.15, 0.2) is 89.5 Å². The minimum absolute atomic E-state index is 0.0114. The Morgan fingerprint density at radius 2 is 1.65 bits per heavy atom. The lowest BCUT2D eigenvalue weighted by Crippen LogP contribution is -2.30. The summed E-state index contributed by atoms with van der Waals surface area (Å²) < 4.78 is 5.12. The summed E-state index contributed by atoms with van der Waals surface area (Å²) in [5.74, 6) is -1.63. The number of hydrogen-bond acceptors (Lipinski definition) is 7. The molecule has 0 saturated carbocycles. The van der Waals surface area contributed by atoms with Gasteiger partial charge in [0.15, 0.2) is 0 Å². The third kappa shape index (κ3) is 9.41. The largest absolute Gasteiger partial charge is 0.465 e. The number of ether oxygens (including phenoxy) is 1. The number of thiophene rings is 1. The van der Waals surface area contributed by atoms with Crippen molar-refractivity contribution in [3.8, 4) is 0 Å². The Morgan fingerprint density at radius 1 is 0.918 bits per heavy atom. The molecule has 3 aromatic carbocycles. The summed E-state index contributed by atoms with van der Waals surface area (Å²) in [4.78, 5) is 55.0. The molecule has 0 aliphatic heterocycles. The standard InChI is InChI=1S/C38H38ClN3O5S2/c1-3-31(36(45)42-37-33(38(46)47-2)28-19-9-4-5-10-21-32(28)49-37)48-27-18-13-17-26(23-27)40-35(44)30(22-25-16-11-12-20-29(25)39)41-34(43)24-14-7-6-8-15-24/h6-8,11-18,20,22-23,31H,3-5,9-10,19,21H2,1-2H3,(H,40,44)(H,41,43)(H,42,45)/b30-22+. The molecule has 0 saturated heterocycles. The zero-order chi connectivity index (χ0) is 34.8. The molecule has 1 aromatic heterocycles. The molecule has 0 spiro atoms.